The quantitative estimate of drug-likeness (QED) is 0.819. The smallest absolute Gasteiger partial charge is 0.338 e. The lowest BCUT2D eigenvalue weighted by atomic mass is 9.98. The molecular weight excluding hydrogens is 232 g/mol. The number of methoxy groups -OCH3 is 1. The minimum absolute atomic E-state index is 0.0128. The van der Waals surface area contributed by atoms with Crippen molar-refractivity contribution in [3.8, 4) is 6.07 Å². The fourth-order valence-electron chi connectivity index (χ4n) is 1.45. The SMILES string of the molecule is COC(=O)c1cc(C#N)cc(CO)c1C(F)F. The lowest BCUT2D eigenvalue weighted by Crippen LogP contribution is -2.10. The predicted octanol–water partition coefficient (Wildman–Crippen LogP) is 1.77. The van der Waals surface area contributed by atoms with E-state index in [1.165, 1.54) is 0 Å². The Balaban J connectivity index is 3.53. The van der Waals surface area contributed by atoms with Gasteiger partial charge in [-0.2, -0.15) is 5.26 Å². The first-order chi connectivity index (χ1) is 8.04. The Kier molecular flexibility index (Phi) is 4.12. The van der Waals surface area contributed by atoms with E-state index in [2.05, 4.69) is 4.74 Å². The Labute approximate surface area is 96.0 Å². The van der Waals surface area contributed by atoms with Gasteiger partial charge in [-0.3, -0.25) is 0 Å². The summed E-state index contributed by atoms with van der Waals surface area (Å²) in [5, 5.41) is 17.7. The van der Waals surface area contributed by atoms with Crippen LogP contribution in [0.5, 0.6) is 0 Å². The molecule has 0 amide bonds. The van der Waals surface area contributed by atoms with Gasteiger partial charge in [-0.1, -0.05) is 0 Å². The molecule has 0 aliphatic heterocycles. The van der Waals surface area contributed by atoms with Crippen molar-refractivity contribution < 1.29 is 23.4 Å². The largest absolute Gasteiger partial charge is 0.465 e. The first kappa shape index (κ1) is 13.1. The topological polar surface area (TPSA) is 70.3 Å². The number of carbonyl (C=O) groups is 1. The number of esters is 1. The Bertz CT molecular complexity index is 480. The fourth-order valence-corrected chi connectivity index (χ4v) is 1.45. The number of carbonyl (C=O) groups excluding carboxylic acids is 1. The summed E-state index contributed by atoms with van der Waals surface area (Å²) in [5.74, 6) is -0.966. The van der Waals surface area contributed by atoms with Crippen molar-refractivity contribution in [2.45, 2.75) is 13.0 Å². The van der Waals surface area contributed by atoms with Crippen molar-refractivity contribution in [2.24, 2.45) is 0 Å². The minimum atomic E-state index is -2.93. The zero-order valence-corrected chi connectivity index (χ0v) is 8.91. The van der Waals surface area contributed by atoms with Crippen LogP contribution in [-0.4, -0.2) is 18.2 Å². The standard InChI is InChI=1S/C11H9F2NO3/c1-17-11(16)8-3-6(4-14)2-7(5-15)9(8)10(12)13/h2-3,10,15H,5H2,1H3. The first-order valence-corrected chi connectivity index (χ1v) is 4.59. The Hall–Kier alpha value is -2.00. The van der Waals surface area contributed by atoms with Gasteiger partial charge in [-0.05, 0) is 17.7 Å². The van der Waals surface area contributed by atoms with E-state index in [1.54, 1.807) is 6.07 Å². The monoisotopic (exact) mass is 241 g/mol. The number of nitriles is 1. The maximum atomic E-state index is 12.8. The van der Waals surface area contributed by atoms with E-state index < -0.39 is 30.1 Å². The van der Waals surface area contributed by atoms with Gasteiger partial charge in [0.25, 0.3) is 6.43 Å². The van der Waals surface area contributed by atoms with Crippen LogP contribution >= 0.6 is 0 Å². The second-order valence-electron chi connectivity index (χ2n) is 3.16. The summed E-state index contributed by atoms with van der Waals surface area (Å²) >= 11 is 0. The predicted molar refractivity (Wildman–Crippen MR) is 53.4 cm³/mol. The molecule has 0 bridgehead atoms. The van der Waals surface area contributed by atoms with E-state index in [-0.39, 0.29) is 11.1 Å². The molecule has 0 spiro atoms. The number of hydrogen-bond acceptors (Lipinski definition) is 4. The van der Waals surface area contributed by atoms with E-state index >= 15 is 0 Å². The molecule has 0 radical (unpaired) electrons. The van der Waals surface area contributed by atoms with Gasteiger partial charge in [-0.15, -0.1) is 0 Å². The van der Waals surface area contributed by atoms with Crippen LogP contribution in [0.1, 0.15) is 33.5 Å². The maximum absolute atomic E-state index is 12.8. The van der Waals surface area contributed by atoms with Crippen molar-refractivity contribution in [2.75, 3.05) is 7.11 Å². The minimum Gasteiger partial charge on any atom is -0.465 e. The number of aliphatic hydroxyl groups is 1. The highest BCUT2D eigenvalue weighted by molar-refractivity contribution is 5.92. The number of nitrogens with zero attached hydrogens (tertiary/aromatic N) is 1. The zero-order valence-electron chi connectivity index (χ0n) is 8.91. The van der Waals surface area contributed by atoms with Crippen LogP contribution in [0.25, 0.3) is 0 Å². The number of rotatable bonds is 3. The first-order valence-electron chi connectivity index (χ1n) is 4.59. The number of benzene rings is 1. The van der Waals surface area contributed by atoms with Crippen LogP contribution in [0.3, 0.4) is 0 Å². The third-order valence-electron chi connectivity index (χ3n) is 2.19. The third kappa shape index (κ3) is 2.57. The second kappa shape index (κ2) is 5.37. The molecule has 1 N–H and O–H groups in total. The molecule has 0 aliphatic carbocycles. The molecule has 4 nitrogen and oxygen atoms in total. The van der Waals surface area contributed by atoms with Crippen molar-refractivity contribution in [3.63, 3.8) is 0 Å². The molecule has 0 saturated heterocycles. The van der Waals surface area contributed by atoms with Crippen LogP contribution in [0.4, 0.5) is 8.78 Å². The number of hydrogen-bond donors (Lipinski definition) is 1. The van der Waals surface area contributed by atoms with E-state index in [1.807, 2.05) is 0 Å². The second-order valence-corrected chi connectivity index (χ2v) is 3.16. The van der Waals surface area contributed by atoms with Crippen molar-refractivity contribution in [1.82, 2.24) is 0 Å². The number of alkyl halides is 2. The normalized spacial score (nSPS) is 10.1. The van der Waals surface area contributed by atoms with Crippen molar-refractivity contribution in [1.29, 1.82) is 5.26 Å². The van der Waals surface area contributed by atoms with Crippen molar-refractivity contribution in [3.05, 3.63) is 34.4 Å². The number of halogens is 2. The molecule has 0 unspecified atom stereocenters. The van der Waals surface area contributed by atoms with Gasteiger partial charge in [-0.25, -0.2) is 13.6 Å². The molecular formula is C11H9F2NO3. The highest BCUT2D eigenvalue weighted by Crippen LogP contribution is 2.28. The molecule has 0 aliphatic rings. The fraction of sp³-hybridized carbons (Fsp3) is 0.273. The van der Waals surface area contributed by atoms with Crippen LogP contribution in [0, 0.1) is 11.3 Å². The molecule has 1 aromatic rings. The van der Waals surface area contributed by atoms with Crippen molar-refractivity contribution >= 4 is 5.97 Å². The highest BCUT2D eigenvalue weighted by Gasteiger charge is 2.23. The summed E-state index contributed by atoms with van der Waals surface area (Å²) < 4.78 is 30.0. The van der Waals surface area contributed by atoms with E-state index in [9.17, 15) is 13.6 Å². The molecule has 1 rings (SSSR count). The number of ether oxygens (including phenoxy) is 1. The number of aliphatic hydroxyl groups excluding tert-OH is 1. The Morgan fingerprint density at radius 3 is 2.65 bits per heavy atom. The lowest BCUT2D eigenvalue weighted by Gasteiger charge is -2.12. The van der Waals surface area contributed by atoms with Crippen LogP contribution in [-0.2, 0) is 11.3 Å². The molecule has 0 fully saturated rings. The van der Waals surface area contributed by atoms with Crippen LogP contribution < -0.4 is 0 Å². The molecule has 0 heterocycles. The summed E-state index contributed by atoms with van der Waals surface area (Å²) in [6.45, 7) is -0.681. The summed E-state index contributed by atoms with van der Waals surface area (Å²) in [7, 11) is 1.05. The molecule has 1 aromatic carbocycles. The molecule has 90 valence electrons. The van der Waals surface area contributed by atoms with Gasteiger partial charge in [0.2, 0.25) is 0 Å². The van der Waals surface area contributed by atoms with E-state index in [0.29, 0.717) is 0 Å². The summed E-state index contributed by atoms with van der Waals surface area (Å²) in [4.78, 5) is 11.3. The van der Waals surface area contributed by atoms with Gasteiger partial charge in [0, 0.05) is 5.56 Å². The van der Waals surface area contributed by atoms with Crippen LogP contribution in [0.15, 0.2) is 12.1 Å². The molecule has 0 atom stereocenters. The maximum Gasteiger partial charge on any atom is 0.338 e. The Morgan fingerprint density at radius 2 is 2.24 bits per heavy atom. The van der Waals surface area contributed by atoms with Gasteiger partial charge >= 0.3 is 5.97 Å². The molecule has 17 heavy (non-hydrogen) atoms. The summed E-state index contributed by atoms with van der Waals surface area (Å²) in [6.07, 6.45) is -2.93. The van der Waals surface area contributed by atoms with Gasteiger partial charge in [0.05, 0.1) is 30.9 Å². The molecule has 6 heteroatoms. The molecule has 0 aromatic heterocycles. The molecule has 0 saturated carbocycles. The lowest BCUT2D eigenvalue weighted by molar-refractivity contribution is 0.0588. The summed E-state index contributed by atoms with van der Waals surface area (Å²) in [6, 6.07) is 3.86. The Morgan fingerprint density at radius 1 is 1.59 bits per heavy atom. The highest BCUT2D eigenvalue weighted by atomic mass is 19.3. The van der Waals surface area contributed by atoms with Gasteiger partial charge < -0.3 is 9.84 Å². The average molecular weight is 241 g/mol. The van der Waals surface area contributed by atoms with Gasteiger partial charge in [0.1, 0.15) is 0 Å². The third-order valence-corrected chi connectivity index (χ3v) is 2.19. The summed E-state index contributed by atoms with van der Waals surface area (Å²) in [5.41, 5.74) is -1.14. The van der Waals surface area contributed by atoms with E-state index in [0.717, 1.165) is 19.2 Å². The van der Waals surface area contributed by atoms with E-state index in [4.69, 9.17) is 10.4 Å². The van der Waals surface area contributed by atoms with Gasteiger partial charge in [0.15, 0.2) is 0 Å². The zero-order chi connectivity index (χ0) is 13.0. The van der Waals surface area contributed by atoms with Crippen LogP contribution in [0.2, 0.25) is 0 Å². The average Bonchev–Trinajstić information content (AvgIpc) is 2.35.